The van der Waals surface area contributed by atoms with Crippen molar-refractivity contribution in [2.24, 2.45) is 0 Å². The predicted molar refractivity (Wildman–Crippen MR) is 211 cm³/mol. The van der Waals surface area contributed by atoms with E-state index in [-0.39, 0.29) is 0 Å². The second-order valence-electron chi connectivity index (χ2n) is 12.8. The third-order valence-corrected chi connectivity index (χ3v) is 11.0. The standard InChI is InChI=1S/C45H26N4OS/c1-2-12-27(13-3-1)43-46-44(48-45(47-43)35-19-11-23-39-40(35)34-18-6-9-22-38(34)51-39)28-14-10-15-29(26-28)49-36-20-7-4-16-30(36)32-24-25-33-31-17-5-8-21-37(31)50-42(33)41(32)49/h1-26H. The van der Waals surface area contributed by atoms with Crippen molar-refractivity contribution >= 4 is 75.3 Å². The molecule has 0 bridgehead atoms. The van der Waals surface area contributed by atoms with Gasteiger partial charge in [-0.3, -0.25) is 0 Å². The summed E-state index contributed by atoms with van der Waals surface area (Å²) in [5, 5.41) is 6.91. The molecule has 11 rings (SSSR count). The average molecular weight is 671 g/mol. The van der Waals surface area contributed by atoms with Crippen molar-refractivity contribution in [2.75, 3.05) is 0 Å². The van der Waals surface area contributed by atoms with Gasteiger partial charge < -0.3 is 8.98 Å². The molecule has 6 heteroatoms. The third-order valence-electron chi connectivity index (χ3n) is 9.85. The van der Waals surface area contributed by atoms with Crippen LogP contribution in [0.5, 0.6) is 0 Å². The first-order valence-corrected chi connectivity index (χ1v) is 17.8. The van der Waals surface area contributed by atoms with E-state index in [1.165, 1.54) is 25.6 Å². The molecule has 4 aromatic heterocycles. The minimum atomic E-state index is 0.617. The topological polar surface area (TPSA) is 56.7 Å². The summed E-state index contributed by atoms with van der Waals surface area (Å²) < 4.78 is 11.4. The molecule has 0 radical (unpaired) electrons. The fourth-order valence-corrected chi connectivity index (χ4v) is 8.72. The quantitative estimate of drug-likeness (QED) is 0.187. The molecule has 5 nitrogen and oxygen atoms in total. The van der Waals surface area contributed by atoms with Gasteiger partial charge in [-0.2, -0.15) is 0 Å². The maximum atomic E-state index is 6.61. The Morgan fingerprint density at radius 2 is 1.14 bits per heavy atom. The van der Waals surface area contributed by atoms with Crippen LogP contribution in [-0.2, 0) is 0 Å². The zero-order valence-electron chi connectivity index (χ0n) is 27.1. The lowest BCUT2D eigenvalue weighted by Gasteiger charge is -2.12. The minimum Gasteiger partial charge on any atom is -0.454 e. The third kappa shape index (κ3) is 4.30. The van der Waals surface area contributed by atoms with E-state index >= 15 is 0 Å². The molecule has 0 amide bonds. The molecule has 0 saturated heterocycles. The highest BCUT2D eigenvalue weighted by Gasteiger charge is 2.21. The van der Waals surface area contributed by atoms with Crippen molar-refractivity contribution in [1.29, 1.82) is 0 Å². The Hall–Kier alpha value is -6.63. The summed E-state index contributed by atoms with van der Waals surface area (Å²) in [5.74, 6) is 1.91. The number of benzene rings is 7. The Balaban J connectivity index is 1.17. The second kappa shape index (κ2) is 10.9. The van der Waals surface area contributed by atoms with Crippen LogP contribution < -0.4 is 0 Å². The zero-order valence-corrected chi connectivity index (χ0v) is 27.9. The lowest BCUT2D eigenvalue weighted by Crippen LogP contribution is -2.01. The smallest absolute Gasteiger partial charge is 0.164 e. The molecule has 11 aromatic rings. The number of nitrogens with zero attached hydrogens (tertiary/aromatic N) is 4. The van der Waals surface area contributed by atoms with Crippen LogP contribution in [0.15, 0.2) is 162 Å². The number of para-hydroxylation sites is 2. The van der Waals surface area contributed by atoms with E-state index in [4.69, 9.17) is 19.4 Å². The van der Waals surface area contributed by atoms with Gasteiger partial charge in [0.05, 0.1) is 11.0 Å². The first-order chi connectivity index (χ1) is 25.3. The molecule has 0 aliphatic rings. The first-order valence-electron chi connectivity index (χ1n) is 16.9. The number of thiophene rings is 1. The van der Waals surface area contributed by atoms with Crippen LogP contribution in [0.25, 0.3) is 104 Å². The van der Waals surface area contributed by atoms with Crippen molar-refractivity contribution < 1.29 is 4.42 Å². The SMILES string of the molecule is c1ccc(-c2nc(-c3cccc(-n4c5ccccc5c5ccc6c7ccccc7oc6c54)c3)nc(-c3cccc4sc5ccccc5c34)n2)cc1. The number of hydrogen-bond acceptors (Lipinski definition) is 5. The molecule has 0 fully saturated rings. The zero-order chi connectivity index (χ0) is 33.5. The molecule has 0 aliphatic heterocycles. The number of furan rings is 1. The van der Waals surface area contributed by atoms with Crippen LogP contribution in [0.3, 0.4) is 0 Å². The van der Waals surface area contributed by atoms with Gasteiger partial charge in [-0.15, -0.1) is 11.3 Å². The molecule has 0 atom stereocenters. The Labute approximate surface area is 295 Å². The maximum absolute atomic E-state index is 6.61. The van der Waals surface area contributed by atoms with E-state index in [1.807, 2.05) is 30.3 Å². The van der Waals surface area contributed by atoms with Gasteiger partial charge in [0.2, 0.25) is 0 Å². The monoisotopic (exact) mass is 670 g/mol. The van der Waals surface area contributed by atoms with Crippen molar-refractivity contribution in [2.45, 2.75) is 0 Å². The number of aromatic nitrogens is 4. The average Bonchev–Trinajstić information content (AvgIpc) is 3.88. The molecular weight excluding hydrogens is 645 g/mol. The summed E-state index contributed by atoms with van der Waals surface area (Å²) in [7, 11) is 0. The van der Waals surface area contributed by atoms with Crippen LogP contribution in [0.4, 0.5) is 0 Å². The summed E-state index contributed by atoms with van der Waals surface area (Å²) in [6.45, 7) is 0. The van der Waals surface area contributed by atoms with Crippen LogP contribution >= 0.6 is 11.3 Å². The Bertz CT molecular complexity index is 3150. The molecule has 0 saturated carbocycles. The van der Waals surface area contributed by atoms with E-state index in [1.54, 1.807) is 11.3 Å². The van der Waals surface area contributed by atoms with Gasteiger partial charge in [0, 0.05) is 64.1 Å². The van der Waals surface area contributed by atoms with Crippen LogP contribution in [0, 0.1) is 0 Å². The Morgan fingerprint density at radius 1 is 0.471 bits per heavy atom. The number of hydrogen-bond donors (Lipinski definition) is 0. The van der Waals surface area contributed by atoms with E-state index in [0.29, 0.717) is 17.5 Å². The molecule has 238 valence electrons. The van der Waals surface area contributed by atoms with Crippen molar-refractivity contribution in [1.82, 2.24) is 19.5 Å². The predicted octanol–water partition coefficient (Wildman–Crippen LogP) is 12.2. The summed E-state index contributed by atoms with van der Waals surface area (Å²) in [6, 6.07) is 54.8. The van der Waals surface area contributed by atoms with Gasteiger partial charge in [-0.05, 0) is 42.5 Å². The highest BCUT2D eigenvalue weighted by Crippen LogP contribution is 2.42. The van der Waals surface area contributed by atoms with E-state index in [2.05, 4.69) is 132 Å². The van der Waals surface area contributed by atoms with Crippen LogP contribution in [-0.4, -0.2) is 19.5 Å². The van der Waals surface area contributed by atoms with Crippen LogP contribution in [0.2, 0.25) is 0 Å². The van der Waals surface area contributed by atoms with Gasteiger partial charge in [-0.25, -0.2) is 15.0 Å². The molecule has 7 aromatic carbocycles. The van der Waals surface area contributed by atoms with Gasteiger partial charge in [0.15, 0.2) is 23.1 Å². The second-order valence-corrected chi connectivity index (χ2v) is 13.9. The van der Waals surface area contributed by atoms with Crippen molar-refractivity contribution in [3.8, 4) is 39.9 Å². The molecule has 0 unspecified atom stereocenters. The lowest BCUT2D eigenvalue weighted by molar-refractivity contribution is 0.671. The van der Waals surface area contributed by atoms with Crippen molar-refractivity contribution in [3.63, 3.8) is 0 Å². The Morgan fingerprint density at radius 3 is 2.04 bits per heavy atom. The summed E-state index contributed by atoms with van der Waals surface area (Å²) >= 11 is 1.79. The molecule has 0 aliphatic carbocycles. The fraction of sp³-hybridized carbons (Fsp3) is 0. The summed E-state index contributed by atoms with van der Waals surface area (Å²) in [4.78, 5) is 15.4. The van der Waals surface area contributed by atoms with E-state index in [0.717, 1.165) is 60.7 Å². The summed E-state index contributed by atoms with van der Waals surface area (Å²) in [6.07, 6.45) is 0. The molecule has 4 heterocycles. The normalized spacial score (nSPS) is 11.9. The molecule has 51 heavy (non-hydrogen) atoms. The fourth-order valence-electron chi connectivity index (χ4n) is 7.59. The van der Waals surface area contributed by atoms with E-state index in [9.17, 15) is 0 Å². The van der Waals surface area contributed by atoms with Gasteiger partial charge >= 0.3 is 0 Å². The largest absolute Gasteiger partial charge is 0.454 e. The number of fused-ring (bicyclic) bond motifs is 10. The molecular formula is C45H26N4OS. The highest BCUT2D eigenvalue weighted by atomic mass is 32.1. The minimum absolute atomic E-state index is 0.617. The Kier molecular flexibility index (Phi) is 6.05. The molecule has 0 N–H and O–H groups in total. The van der Waals surface area contributed by atoms with Crippen molar-refractivity contribution in [3.05, 3.63) is 158 Å². The molecule has 0 spiro atoms. The summed E-state index contributed by atoms with van der Waals surface area (Å²) in [5.41, 5.74) is 7.74. The van der Waals surface area contributed by atoms with Gasteiger partial charge in [-0.1, -0.05) is 115 Å². The number of rotatable bonds is 4. The first kappa shape index (κ1) is 28.2. The van der Waals surface area contributed by atoms with Crippen LogP contribution in [0.1, 0.15) is 0 Å². The highest BCUT2D eigenvalue weighted by molar-refractivity contribution is 7.25. The van der Waals surface area contributed by atoms with Gasteiger partial charge in [0.1, 0.15) is 5.58 Å². The lowest BCUT2D eigenvalue weighted by atomic mass is 10.1. The van der Waals surface area contributed by atoms with Gasteiger partial charge in [0.25, 0.3) is 0 Å². The maximum Gasteiger partial charge on any atom is 0.164 e. The van der Waals surface area contributed by atoms with E-state index < -0.39 is 0 Å².